The van der Waals surface area contributed by atoms with Gasteiger partial charge in [0.15, 0.2) is 5.82 Å². The van der Waals surface area contributed by atoms with Crippen molar-refractivity contribution in [3.05, 3.63) is 64.0 Å². The maximum atomic E-state index is 10.8. The van der Waals surface area contributed by atoms with Gasteiger partial charge in [-0.3, -0.25) is 10.1 Å². The molecular weight excluding hydrogens is 356 g/mol. The minimum atomic E-state index is -0.412. The van der Waals surface area contributed by atoms with Crippen molar-refractivity contribution in [2.75, 3.05) is 25.1 Å². The van der Waals surface area contributed by atoms with E-state index in [0.717, 1.165) is 41.1 Å². The van der Waals surface area contributed by atoms with Crippen LogP contribution in [0.5, 0.6) is 5.75 Å². The number of benzene rings is 2. The van der Waals surface area contributed by atoms with Crippen molar-refractivity contribution in [1.82, 2.24) is 9.97 Å². The van der Waals surface area contributed by atoms with Crippen molar-refractivity contribution in [2.45, 2.75) is 13.8 Å². The van der Waals surface area contributed by atoms with E-state index in [4.69, 9.17) is 9.72 Å². The van der Waals surface area contributed by atoms with Gasteiger partial charge in [0.2, 0.25) is 0 Å². The van der Waals surface area contributed by atoms with Crippen LogP contribution in [0.2, 0.25) is 0 Å². The van der Waals surface area contributed by atoms with Gasteiger partial charge in [-0.2, -0.15) is 0 Å². The highest BCUT2D eigenvalue weighted by Gasteiger charge is 2.12. The fourth-order valence-corrected chi connectivity index (χ4v) is 2.95. The van der Waals surface area contributed by atoms with Gasteiger partial charge < -0.3 is 9.64 Å². The molecule has 1 aromatic heterocycles. The predicted molar refractivity (Wildman–Crippen MR) is 112 cm³/mol. The van der Waals surface area contributed by atoms with Crippen LogP contribution >= 0.6 is 0 Å². The standard InChI is InChI=1S/C21H22N4O3/c1-4-24(5-2)21-18-14-17(28-3)11-12-19(18)22-20(23-21)13-8-15-6-9-16(10-7-15)25(26)27/h6-14H,4-5H2,1-3H3/b13-8+. The van der Waals surface area contributed by atoms with Gasteiger partial charge >= 0.3 is 0 Å². The fraction of sp³-hybridized carbons (Fsp3) is 0.238. The van der Waals surface area contributed by atoms with Crippen LogP contribution in [0.3, 0.4) is 0 Å². The van der Waals surface area contributed by atoms with E-state index in [-0.39, 0.29) is 5.69 Å². The molecule has 0 aliphatic rings. The summed E-state index contributed by atoms with van der Waals surface area (Å²) in [5, 5.41) is 11.7. The minimum Gasteiger partial charge on any atom is -0.497 e. The number of hydrogen-bond acceptors (Lipinski definition) is 6. The molecule has 0 saturated carbocycles. The second-order valence-electron chi connectivity index (χ2n) is 6.14. The Hall–Kier alpha value is -3.48. The summed E-state index contributed by atoms with van der Waals surface area (Å²) in [7, 11) is 1.64. The summed E-state index contributed by atoms with van der Waals surface area (Å²) in [5.74, 6) is 2.20. The molecule has 1 heterocycles. The van der Waals surface area contributed by atoms with Gasteiger partial charge in [0, 0.05) is 30.6 Å². The Bertz CT molecular complexity index is 1010. The number of non-ortho nitro benzene ring substituents is 1. The lowest BCUT2D eigenvalue weighted by Crippen LogP contribution is -2.23. The number of methoxy groups -OCH3 is 1. The number of hydrogen-bond donors (Lipinski definition) is 0. The van der Waals surface area contributed by atoms with Crippen LogP contribution in [0.1, 0.15) is 25.2 Å². The molecule has 7 nitrogen and oxygen atoms in total. The van der Waals surface area contributed by atoms with Crippen LogP contribution in [0.4, 0.5) is 11.5 Å². The molecule has 28 heavy (non-hydrogen) atoms. The topological polar surface area (TPSA) is 81.4 Å². The molecule has 0 aliphatic carbocycles. The summed E-state index contributed by atoms with van der Waals surface area (Å²) in [6.45, 7) is 5.82. The number of rotatable bonds is 7. The average molecular weight is 378 g/mol. The molecule has 0 saturated heterocycles. The van der Waals surface area contributed by atoms with E-state index in [2.05, 4.69) is 23.7 Å². The first-order valence-corrected chi connectivity index (χ1v) is 9.09. The van der Waals surface area contributed by atoms with Crippen molar-refractivity contribution in [3.8, 4) is 5.75 Å². The maximum absolute atomic E-state index is 10.8. The Balaban J connectivity index is 2.02. The van der Waals surface area contributed by atoms with Crippen molar-refractivity contribution in [1.29, 1.82) is 0 Å². The fourth-order valence-electron chi connectivity index (χ4n) is 2.95. The first-order chi connectivity index (χ1) is 13.5. The summed E-state index contributed by atoms with van der Waals surface area (Å²) in [6, 6.07) is 12.1. The molecule has 7 heteroatoms. The smallest absolute Gasteiger partial charge is 0.269 e. The molecule has 0 spiro atoms. The Morgan fingerprint density at radius 1 is 1.07 bits per heavy atom. The number of aromatic nitrogens is 2. The average Bonchev–Trinajstić information content (AvgIpc) is 2.73. The van der Waals surface area contributed by atoms with E-state index in [1.54, 1.807) is 19.2 Å². The molecule has 144 valence electrons. The molecule has 0 bridgehead atoms. The normalized spacial score (nSPS) is 11.1. The third-order valence-corrected chi connectivity index (χ3v) is 4.49. The van der Waals surface area contributed by atoms with Crippen LogP contribution < -0.4 is 9.64 Å². The zero-order valence-corrected chi connectivity index (χ0v) is 16.1. The van der Waals surface area contributed by atoms with E-state index in [1.807, 2.05) is 30.4 Å². The number of ether oxygens (including phenoxy) is 1. The number of nitrogens with zero attached hydrogens (tertiary/aromatic N) is 4. The lowest BCUT2D eigenvalue weighted by Gasteiger charge is -2.22. The van der Waals surface area contributed by atoms with Crippen molar-refractivity contribution in [3.63, 3.8) is 0 Å². The minimum absolute atomic E-state index is 0.0665. The van der Waals surface area contributed by atoms with Gasteiger partial charge in [-0.15, -0.1) is 0 Å². The van der Waals surface area contributed by atoms with Gasteiger partial charge in [-0.1, -0.05) is 6.08 Å². The first-order valence-electron chi connectivity index (χ1n) is 9.09. The molecule has 2 aromatic carbocycles. The van der Waals surface area contributed by atoms with Gasteiger partial charge in [0.05, 0.1) is 17.5 Å². The highest BCUT2D eigenvalue weighted by atomic mass is 16.6. The molecule has 0 N–H and O–H groups in total. The number of fused-ring (bicyclic) bond motifs is 1. The molecule has 0 fully saturated rings. The van der Waals surface area contributed by atoms with E-state index in [9.17, 15) is 10.1 Å². The van der Waals surface area contributed by atoms with E-state index in [0.29, 0.717) is 5.82 Å². The summed E-state index contributed by atoms with van der Waals surface area (Å²) in [6.07, 6.45) is 3.66. The van der Waals surface area contributed by atoms with Gasteiger partial charge in [-0.25, -0.2) is 9.97 Å². The Morgan fingerprint density at radius 3 is 2.39 bits per heavy atom. The summed E-state index contributed by atoms with van der Waals surface area (Å²) in [5.41, 5.74) is 1.74. The lowest BCUT2D eigenvalue weighted by molar-refractivity contribution is -0.384. The third-order valence-electron chi connectivity index (χ3n) is 4.49. The zero-order chi connectivity index (χ0) is 20.1. The SMILES string of the molecule is CCN(CC)c1nc(/C=C/c2ccc([N+](=O)[O-])cc2)nc2ccc(OC)cc12. The lowest BCUT2D eigenvalue weighted by atomic mass is 10.2. The highest BCUT2D eigenvalue weighted by molar-refractivity contribution is 5.91. The predicted octanol–water partition coefficient (Wildman–Crippen LogP) is 4.56. The number of nitro groups is 1. The highest BCUT2D eigenvalue weighted by Crippen LogP contribution is 2.28. The molecule has 0 unspecified atom stereocenters. The summed E-state index contributed by atoms with van der Waals surface area (Å²) >= 11 is 0. The summed E-state index contributed by atoms with van der Waals surface area (Å²) in [4.78, 5) is 21.9. The summed E-state index contributed by atoms with van der Waals surface area (Å²) < 4.78 is 5.35. The zero-order valence-electron chi connectivity index (χ0n) is 16.1. The first kappa shape index (κ1) is 19.3. The second-order valence-corrected chi connectivity index (χ2v) is 6.14. The van der Waals surface area contributed by atoms with Crippen LogP contribution in [0.15, 0.2) is 42.5 Å². The molecular formula is C21H22N4O3. The van der Waals surface area contributed by atoms with Crippen LogP contribution in [-0.2, 0) is 0 Å². The van der Waals surface area contributed by atoms with Crippen LogP contribution in [0.25, 0.3) is 23.1 Å². The van der Waals surface area contributed by atoms with Crippen molar-refractivity contribution < 1.29 is 9.66 Å². The van der Waals surface area contributed by atoms with Crippen LogP contribution in [0, 0.1) is 10.1 Å². The van der Waals surface area contributed by atoms with Gasteiger partial charge in [0.1, 0.15) is 11.6 Å². The van der Waals surface area contributed by atoms with E-state index in [1.165, 1.54) is 12.1 Å². The largest absolute Gasteiger partial charge is 0.497 e. The number of nitro benzene ring substituents is 1. The monoisotopic (exact) mass is 378 g/mol. The van der Waals surface area contributed by atoms with Crippen molar-refractivity contribution >= 4 is 34.6 Å². The molecule has 3 rings (SSSR count). The Morgan fingerprint density at radius 2 is 1.79 bits per heavy atom. The molecule has 0 amide bonds. The Labute approximate surface area is 163 Å². The molecule has 3 aromatic rings. The molecule has 0 radical (unpaired) electrons. The number of anilines is 1. The quantitative estimate of drug-likeness (QED) is 0.443. The Kier molecular flexibility index (Phi) is 5.84. The molecule has 0 aliphatic heterocycles. The third kappa shape index (κ3) is 4.09. The van der Waals surface area contributed by atoms with E-state index >= 15 is 0 Å². The van der Waals surface area contributed by atoms with E-state index < -0.39 is 4.92 Å². The second kappa shape index (κ2) is 8.47. The maximum Gasteiger partial charge on any atom is 0.269 e. The molecule has 0 atom stereocenters. The van der Waals surface area contributed by atoms with Gasteiger partial charge in [-0.05, 0) is 55.8 Å². The van der Waals surface area contributed by atoms with Gasteiger partial charge in [0.25, 0.3) is 5.69 Å². The van der Waals surface area contributed by atoms with Crippen LogP contribution in [-0.4, -0.2) is 35.1 Å². The van der Waals surface area contributed by atoms with Crippen molar-refractivity contribution in [2.24, 2.45) is 0 Å².